The van der Waals surface area contributed by atoms with Crippen LogP contribution in [0.2, 0.25) is 0 Å². The number of carbonyl (C=O) groups is 3. The van der Waals surface area contributed by atoms with Crippen LogP contribution < -0.4 is 4.90 Å². The maximum Gasteiger partial charge on any atom is 0.257 e. The van der Waals surface area contributed by atoms with E-state index in [2.05, 4.69) is 0 Å². The Kier molecular flexibility index (Phi) is 4.84. The van der Waals surface area contributed by atoms with E-state index >= 15 is 0 Å². The summed E-state index contributed by atoms with van der Waals surface area (Å²) in [7, 11) is 0. The number of hydrogen-bond acceptors (Lipinski definition) is 3. The molecule has 5 nitrogen and oxygen atoms in total. The van der Waals surface area contributed by atoms with E-state index in [4.69, 9.17) is 0 Å². The van der Waals surface area contributed by atoms with Crippen LogP contribution in [0.5, 0.6) is 0 Å². The van der Waals surface area contributed by atoms with Gasteiger partial charge in [-0.15, -0.1) is 0 Å². The summed E-state index contributed by atoms with van der Waals surface area (Å²) >= 11 is 0. The summed E-state index contributed by atoms with van der Waals surface area (Å²) in [5, 5.41) is 0. The first-order valence-electron chi connectivity index (χ1n) is 8.36. The number of carbonyl (C=O) groups excluding carboxylic acids is 3. The molecule has 1 saturated heterocycles. The predicted octanol–water partition coefficient (Wildman–Crippen LogP) is 3.07. The summed E-state index contributed by atoms with van der Waals surface area (Å²) in [6.45, 7) is 3.22. The molecule has 0 radical (unpaired) electrons. The second kappa shape index (κ2) is 7.07. The lowest BCUT2D eigenvalue weighted by atomic mass is 10.0. The average molecular weight is 354 g/mol. The molecule has 0 N–H and O–H groups in total. The average Bonchev–Trinajstić information content (AvgIpc) is 2.91. The fourth-order valence-corrected chi connectivity index (χ4v) is 3.35. The summed E-state index contributed by atoms with van der Waals surface area (Å²) in [6, 6.07) is 13.3. The quantitative estimate of drug-likeness (QED) is 0.793. The van der Waals surface area contributed by atoms with Crippen molar-refractivity contribution in [2.45, 2.75) is 32.4 Å². The van der Waals surface area contributed by atoms with Crippen molar-refractivity contribution in [3.63, 3.8) is 0 Å². The summed E-state index contributed by atoms with van der Waals surface area (Å²) in [5.74, 6) is -1.61. The lowest BCUT2D eigenvalue weighted by Gasteiger charge is -2.32. The lowest BCUT2D eigenvalue weighted by molar-refractivity contribution is -0.139. The molecule has 0 saturated carbocycles. The van der Waals surface area contributed by atoms with Gasteiger partial charge in [0.1, 0.15) is 11.9 Å². The van der Waals surface area contributed by atoms with Crippen molar-refractivity contribution in [1.82, 2.24) is 4.90 Å². The van der Waals surface area contributed by atoms with Crippen LogP contribution in [0, 0.1) is 5.82 Å². The fourth-order valence-electron chi connectivity index (χ4n) is 3.35. The van der Waals surface area contributed by atoms with Crippen molar-refractivity contribution in [3.8, 4) is 0 Å². The van der Waals surface area contributed by atoms with Gasteiger partial charge >= 0.3 is 0 Å². The Hall–Kier alpha value is -3.02. The van der Waals surface area contributed by atoms with Crippen molar-refractivity contribution < 1.29 is 18.8 Å². The van der Waals surface area contributed by atoms with Crippen molar-refractivity contribution in [1.29, 1.82) is 0 Å². The zero-order valence-corrected chi connectivity index (χ0v) is 14.6. The topological polar surface area (TPSA) is 57.7 Å². The Bertz CT molecular complexity index is 836. The minimum absolute atomic E-state index is 0.0903. The predicted molar refractivity (Wildman–Crippen MR) is 94.7 cm³/mol. The summed E-state index contributed by atoms with van der Waals surface area (Å²) in [4.78, 5) is 40.1. The van der Waals surface area contributed by atoms with Crippen molar-refractivity contribution in [2.24, 2.45) is 0 Å². The van der Waals surface area contributed by atoms with E-state index in [-0.39, 0.29) is 18.4 Å². The Morgan fingerprint density at radius 2 is 1.73 bits per heavy atom. The molecule has 2 aromatic carbocycles. The first-order chi connectivity index (χ1) is 12.4. The van der Waals surface area contributed by atoms with Gasteiger partial charge in [0.05, 0.1) is 18.2 Å². The molecule has 2 aromatic rings. The molecule has 6 heteroatoms. The normalized spacial score (nSPS) is 18.1. The van der Waals surface area contributed by atoms with Crippen LogP contribution in [0.3, 0.4) is 0 Å². The van der Waals surface area contributed by atoms with Gasteiger partial charge in [-0.25, -0.2) is 9.29 Å². The van der Waals surface area contributed by atoms with E-state index in [9.17, 15) is 18.8 Å². The Morgan fingerprint density at radius 3 is 2.31 bits per heavy atom. The van der Waals surface area contributed by atoms with E-state index in [1.165, 1.54) is 36.1 Å². The molecule has 1 fully saturated rings. The Balaban J connectivity index is 1.91. The minimum Gasteiger partial charge on any atom is -0.324 e. The van der Waals surface area contributed by atoms with Gasteiger partial charge in [-0.3, -0.25) is 14.4 Å². The Labute approximate surface area is 151 Å². The molecule has 3 amide bonds. The van der Waals surface area contributed by atoms with Crippen LogP contribution in [0.25, 0.3) is 0 Å². The highest BCUT2D eigenvalue weighted by molar-refractivity contribution is 6.23. The van der Waals surface area contributed by atoms with Crippen molar-refractivity contribution in [2.75, 3.05) is 4.90 Å². The largest absolute Gasteiger partial charge is 0.324 e. The zero-order chi connectivity index (χ0) is 18.8. The third kappa shape index (κ3) is 3.22. The number of imide groups is 1. The standard InChI is InChI=1S/C20H19FN2O3/c1-13(15-6-4-3-5-7-15)22(14(2)24)18-12-19(25)23(20(18)26)17-10-8-16(21)9-11-17/h3-11,13,18H,12H2,1-2H3. The highest BCUT2D eigenvalue weighted by atomic mass is 19.1. The van der Waals surface area contributed by atoms with Gasteiger partial charge in [0.15, 0.2) is 0 Å². The number of amides is 3. The number of anilines is 1. The van der Waals surface area contributed by atoms with Gasteiger partial charge in [-0.05, 0) is 36.8 Å². The number of nitrogens with zero attached hydrogens (tertiary/aromatic N) is 2. The highest BCUT2D eigenvalue weighted by Crippen LogP contribution is 2.31. The number of halogens is 1. The second-order valence-electron chi connectivity index (χ2n) is 6.28. The fraction of sp³-hybridized carbons (Fsp3) is 0.250. The van der Waals surface area contributed by atoms with E-state index in [1.54, 1.807) is 0 Å². The molecule has 2 atom stereocenters. The smallest absolute Gasteiger partial charge is 0.257 e. The monoisotopic (exact) mass is 354 g/mol. The van der Waals surface area contributed by atoms with Crippen LogP contribution in [-0.4, -0.2) is 28.7 Å². The van der Waals surface area contributed by atoms with Crippen LogP contribution in [0.15, 0.2) is 54.6 Å². The molecule has 0 bridgehead atoms. The molecule has 1 heterocycles. The SMILES string of the molecule is CC(=O)N(C1CC(=O)N(c2ccc(F)cc2)C1=O)C(C)c1ccccc1. The number of benzene rings is 2. The molecule has 2 unspecified atom stereocenters. The molecule has 134 valence electrons. The minimum atomic E-state index is -0.875. The van der Waals surface area contributed by atoms with Gasteiger partial charge in [0, 0.05) is 6.92 Å². The van der Waals surface area contributed by atoms with Gasteiger partial charge < -0.3 is 4.90 Å². The van der Waals surface area contributed by atoms with E-state index in [1.807, 2.05) is 37.3 Å². The van der Waals surface area contributed by atoms with Crippen LogP contribution in [-0.2, 0) is 14.4 Å². The van der Waals surface area contributed by atoms with Gasteiger partial charge in [-0.1, -0.05) is 30.3 Å². The molecule has 1 aliphatic rings. The van der Waals surface area contributed by atoms with Gasteiger partial charge in [-0.2, -0.15) is 0 Å². The molecular weight excluding hydrogens is 335 g/mol. The first-order valence-corrected chi connectivity index (χ1v) is 8.36. The number of rotatable bonds is 4. The molecule has 3 rings (SSSR count). The van der Waals surface area contributed by atoms with Gasteiger partial charge in [0.2, 0.25) is 11.8 Å². The maximum atomic E-state index is 13.1. The third-order valence-corrected chi connectivity index (χ3v) is 4.61. The van der Waals surface area contributed by atoms with Crippen LogP contribution >= 0.6 is 0 Å². The van der Waals surface area contributed by atoms with Gasteiger partial charge in [0.25, 0.3) is 5.91 Å². The first kappa shape index (κ1) is 17.8. The molecule has 26 heavy (non-hydrogen) atoms. The lowest BCUT2D eigenvalue weighted by Crippen LogP contribution is -2.45. The molecular formula is C20H19FN2O3. The molecule has 0 aliphatic carbocycles. The molecule has 0 aromatic heterocycles. The van der Waals surface area contributed by atoms with Crippen LogP contribution in [0.1, 0.15) is 31.9 Å². The molecule has 1 aliphatic heterocycles. The summed E-state index contributed by atoms with van der Waals surface area (Å²) in [6.07, 6.45) is -0.0903. The summed E-state index contributed by atoms with van der Waals surface area (Å²) in [5.41, 5.74) is 1.18. The van der Waals surface area contributed by atoms with Crippen molar-refractivity contribution in [3.05, 3.63) is 66.0 Å². The van der Waals surface area contributed by atoms with E-state index in [0.717, 1.165) is 10.5 Å². The highest BCUT2D eigenvalue weighted by Gasteiger charge is 2.45. The summed E-state index contributed by atoms with van der Waals surface area (Å²) < 4.78 is 13.1. The van der Waals surface area contributed by atoms with E-state index in [0.29, 0.717) is 5.69 Å². The zero-order valence-electron chi connectivity index (χ0n) is 14.6. The Morgan fingerprint density at radius 1 is 1.12 bits per heavy atom. The maximum absolute atomic E-state index is 13.1. The van der Waals surface area contributed by atoms with Crippen molar-refractivity contribution >= 4 is 23.4 Å². The molecule has 0 spiro atoms. The van der Waals surface area contributed by atoms with E-state index < -0.39 is 23.7 Å². The number of hydrogen-bond donors (Lipinski definition) is 0. The third-order valence-electron chi connectivity index (χ3n) is 4.61. The second-order valence-corrected chi connectivity index (χ2v) is 6.28. The van der Waals surface area contributed by atoms with Crippen LogP contribution in [0.4, 0.5) is 10.1 Å².